The summed E-state index contributed by atoms with van der Waals surface area (Å²) in [6, 6.07) is 25.4. The number of hydrogen-bond donors (Lipinski definition) is 4. The highest BCUT2D eigenvalue weighted by Crippen LogP contribution is 2.31. The smallest absolute Gasteiger partial charge is 0.224 e. The van der Waals surface area contributed by atoms with Gasteiger partial charge in [-0.15, -0.1) is 0 Å². The molecule has 0 heterocycles. The number of rotatable bonds is 14. The highest BCUT2D eigenvalue weighted by atomic mass is 16.5. The average molecular weight is 518 g/mol. The van der Waals surface area contributed by atoms with E-state index in [0.717, 1.165) is 34.7 Å². The van der Waals surface area contributed by atoms with E-state index in [1.54, 1.807) is 0 Å². The summed E-state index contributed by atoms with van der Waals surface area (Å²) < 4.78 is 5.66. The molecule has 0 aromatic heterocycles. The highest BCUT2D eigenvalue weighted by Gasteiger charge is 2.19. The van der Waals surface area contributed by atoms with Crippen LogP contribution in [0.5, 0.6) is 5.75 Å². The van der Waals surface area contributed by atoms with E-state index in [1.165, 1.54) is 0 Å². The normalized spacial score (nSPS) is 12.6. The molecule has 0 bridgehead atoms. The summed E-state index contributed by atoms with van der Waals surface area (Å²) in [5.41, 5.74) is 3.77. The number of amides is 2. The molecule has 0 aliphatic heterocycles. The Labute approximate surface area is 225 Å². The van der Waals surface area contributed by atoms with E-state index < -0.39 is 6.10 Å². The summed E-state index contributed by atoms with van der Waals surface area (Å²) in [6.45, 7) is 6.37. The number of aliphatic hydroxyl groups excluding tert-OH is 1. The lowest BCUT2D eigenvalue weighted by atomic mass is 9.86. The van der Waals surface area contributed by atoms with E-state index in [9.17, 15) is 14.7 Å². The van der Waals surface area contributed by atoms with Crippen LogP contribution in [0.15, 0.2) is 78.9 Å². The van der Waals surface area contributed by atoms with Gasteiger partial charge in [-0.25, -0.2) is 0 Å². The molecule has 4 N–H and O–H groups in total. The van der Waals surface area contributed by atoms with Crippen LogP contribution in [0, 0.1) is 0 Å². The molecule has 2 amide bonds. The van der Waals surface area contributed by atoms with Crippen molar-refractivity contribution < 1.29 is 19.4 Å². The fourth-order valence-corrected chi connectivity index (χ4v) is 4.10. The standard InChI is InChI=1S/C31H39N3O4/c1-4-30(36)33-25-15-11-23(12-16-25)29(24-13-17-26(18-14-24)34-31(37)5-2)19-22(3)32-20-27(35)21-38-28-9-7-6-8-10-28/h6-18,22,27,29,32,35H,4-5,19-21H2,1-3H3,(H,33,36)(H,34,37)/t22?,27-/m0/s1. The van der Waals surface area contributed by atoms with E-state index >= 15 is 0 Å². The molecule has 3 aromatic rings. The minimum absolute atomic E-state index is 0.0216. The Morgan fingerprint density at radius 3 is 1.76 bits per heavy atom. The van der Waals surface area contributed by atoms with Crippen molar-refractivity contribution in [1.29, 1.82) is 0 Å². The first-order valence-electron chi connectivity index (χ1n) is 13.3. The van der Waals surface area contributed by atoms with Crippen molar-refractivity contribution in [2.24, 2.45) is 0 Å². The van der Waals surface area contributed by atoms with Gasteiger partial charge in [-0.1, -0.05) is 56.3 Å². The number of anilines is 2. The van der Waals surface area contributed by atoms with Gasteiger partial charge in [0.25, 0.3) is 0 Å². The molecule has 0 spiro atoms. The number of carbonyl (C=O) groups excluding carboxylic acids is 2. The molecule has 0 saturated heterocycles. The van der Waals surface area contributed by atoms with Gasteiger partial charge in [0.1, 0.15) is 18.5 Å². The monoisotopic (exact) mass is 517 g/mol. The molecule has 202 valence electrons. The topological polar surface area (TPSA) is 99.7 Å². The Hall–Kier alpha value is -3.68. The van der Waals surface area contributed by atoms with Crippen LogP contribution < -0.4 is 20.7 Å². The van der Waals surface area contributed by atoms with Crippen LogP contribution in [0.1, 0.15) is 57.1 Å². The van der Waals surface area contributed by atoms with Gasteiger partial charge in [0.15, 0.2) is 0 Å². The van der Waals surface area contributed by atoms with Crippen LogP contribution >= 0.6 is 0 Å². The lowest BCUT2D eigenvalue weighted by molar-refractivity contribution is -0.116. The molecule has 0 aliphatic carbocycles. The molecule has 0 fully saturated rings. The quantitative estimate of drug-likeness (QED) is 0.232. The first-order chi connectivity index (χ1) is 18.4. The Morgan fingerprint density at radius 2 is 1.29 bits per heavy atom. The van der Waals surface area contributed by atoms with Gasteiger partial charge >= 0.3 is 0 Å². The molecule has 1 unspecified atom stereocenters. The van der Waals surface area contributed by atoms with Gasteiger partial charge < -0.3 is 25.8 Å². The second-order valence-electron chi connectivity index (χ2n) is 9.42. The predicted molar refractivity (Wildman–Crippen MR) is 153 cm³/mol. The van der Waals surface area contributed by atoms with Crippen molar-refractivity contribution in [3.63, 3.8) is 0 Å². The van der Waals surface area contributed by atoms with E-state index in [-0.39, 0.29) is 30.4 Å². The molecule has 3 rings (SSSR count). The van der Waals surface area contributed by atoms with Crippen molar-refractivity contribution in [3.05, 3.63) is 90.0 Å². The third-order valence-electron chi connectivity index (χ3n) is 6.31. The van der Waals surface area contributed by atoms with E-state index in [4.69, 9.17) is 4.74 Å². The fourth-order valence-electron chi connectivity index (χ4n) is 4.10. The molecular formula is C31H39N3O4. The number of nitrogens with one attached hydrogen (secondary N) is 3. The van der Waals surface area contributed by atoms with Crippen LogP contribution in [-0.4, -0.2) is 42.2 Å². The van der Waals surface area contributed by atoms with Crippen molar-refractivity contribution in [2.45, 2.75) is 58.1 Å². The Kier molecular flexibility index (Phi) is 11.3. The van der Waals surface area contributed by atoms with Crippen molar-refractivity contribution in [3.8, 4) is 5.75 Å². The summed E-state index contributed by atoms with van der Waals surface area (Å²) >= 11 is 0. The van der Waals surface area contributed by atoms with Gasteiger partial charge in [-0.3, -0.25) is 9.59 Å². The van der Waals surface area contributed by atoms with Crippen LogP contribution in [-0.2, 0) is 9.59 Å². The minimum atomic E-state index is -0.640. The van der Waals surface area contributed by atoms with Crippen LogP contribution in [0.25, 0.3) is 0 Å². The van der Waals surface area contributed by atoms with Gasteiger partial charge in [0.05, 0.1) is 0 Å². The Morgan fingerprint density at radius 1 is 0.789 bits per heavy atom. The summed E-state index contributed by atoms with van der Waals surface area (Å²) in [5, 5.41) is 19.6. The lowest BCUT2D eigenvalue weighted by Gasteiger charge is -2.24. The molecule has 7 heteroatoms. The Balaban J connectivity index is 1.67. The number of benzene rings is 3. The predicted octanol–water partition coefficient (Wildman–Crippen LogP) is 5.32. The van der Waals surface area contributed by atoms with Crippen molar-refractivity contribution in [1.82, 2.24) is 5.32 Å². The van der Waals surface area contributed by atoms with Gasteiger partial charge in [-0.05, 0) is 60.9 Å². The second kappa shape index (κ2) is 14.9. The van der Waals surface area contributed by atoms with Crippen LogP contribution in [0.4, 0.5) is 11.4 Å². The fraction of sp³-hybridized carbons (Fsp3) is 0.355. The van der Waals surface area contributed by atoms with Crippen LogP contribution in [0.2, 0.25) is 0 Å². The zero-order valence-corrected chi connectivity index (χ0v) is 22.4. The largest absolute Gasteiger partial charge is 0.491 e. The number of carbonyl (C=O) groups is 2. The highest BCUT2D eigenvalue weighted by molar-refractivity contribution is 5.91. The molecule has 7 nitrogen and oxygen atoms in total. The minimum Gasteiger partial charge on any atom is -0.491 e. The molecule has 0 radical (unpaired) electrons. The van der Waals surface area contributed by atoms with Gasteiger partial charge in [0.2, 0.25) is 11.8 Å². The lowest BCUT2D eigenvalue weighted by Crippen LogP contribution is -2.37. The third-order valence-corrected chi connectivity index (χ3v) is 6.31. The zero-order valence-electron chi connectivity index (χ0n) is 22.4. The van der Waals surface area contributed by atoms with E-state index in [0.29, 0.717) is 19.4 Å². The molecule has 0 saturated carbocycles. The second-order valence-corrected chi connectivity index (χ2v) is 9.42. The number of ether oxygens (including phenoxy) is 1. The van der Waals surface area contributed by atoms with Gasteiger partial charge in [-0.2, -0.15) is 0 Å². The summed E-state index contributed by atoms with van der Waals surface area (Å²) in [6.07, 6.45) is 1.00. The maximum absolute atomic E-state index is 11.8. The van der Waals surface area contributed by atoms with Crippen molar-refractivity contribution >= 4 is 23.2 Å². The zero-order chi connectivity index (χ0) is 27.3. The molecule has 0 aliphatic rings. The molecule has 3 aromatic carbocycles. The summed E-state index contributed by atoms with van der Waals surface area (Å²) in [5.74, 6) is 0.761. The van der Waals surface area contributed by atoms with Gasteiger partial charge in [0, 0.05) is 42.7 Å². The maximum Gasteiger partial charge on any atom is 0.224 e. The number of hydrogen-bond acceptors (Lipinski definition) is 5. The van der Waals surface area contributed by atoms with E-state index in [1.807, 2.05) is 92.7 Å². The Bertz CT molecular complexity index is 1070. The van der Waals surface area contributed by atoms with E-state index in [2.05, 4.69) is 22.9 Å². The SMILES string of the molecule is CCC(=O)Nc1ccc(C(CC(C)NC[C@H](O)COc2ccccc2)c2ccc(NC(=O)CC)cc2)cc1. The first kappa shape index (κ1) is 28.9. The average Bonchev–Trinajstić information content (AvgIpc) is 2.95. The first-order valence-corrected chi connectivity index (χ1v) is 13.3. The summed E-state index contributed by atoms with van der Waals surface area (Å²) in [7, 11) is 0. The maximum atomic E-state index is 11.8. The molecule has 2 atom stereocenters. The molecular weight excluding hydrogens is 478 g/mol. The third kappa shape index (κ3) is 9.32. The van der Waals surface area contributed by atoms with Crippen LogP contribution in [0.3, 0.4) is 0 Å². The summed E-state index contributed by atoms with van der Waals surface area (Å²) in [4.78, 5) is 23.5. The van der Waals surface area contributed by atoms with Crippen molar-refractivity contribution in [2.75, 3.05) is 23.8 Å². The molecule has 38 heavy (non-hydrogen) atoms. The number of aliphatic hydroxyl groups is 1. The number of para-hydroxylation sites is 1.